The van der Waals surface area contributed by atoms with Crippen molar-refractivity contribution < 1.29 is 34.2 Å². The average molecular weight is 456 g/mol. The molecule has 9 nitrogen and oxygen atoms in total. The van der Waals surface area contributed by atoms with Gasteiger partial charge in [0, 0.05) is 32.1 Å². The lowest BCUT2D eigenvalue weighted by atomic mass is 9.53. The summed E-state index contributed by atoms with van der Waals surface area (Å²) in [5.74, 6) is -9.80. The summed E-state index contributed by atoms with van der Waals surface area (Å²) in [6, 6.07) is 1.84. The zero-order valence-electron chi connectivity index (χ0n) is 18.9. The highest BCUT2D eigenvalue weighted by atomic mass is 16.3. The van der Waals surface area contributed by atoms with Crippen LogP contribution in [-0.4, -0.2) is 58.9 Å². The van der Waals surface area contributed by atoms with E-state index in [1.165, 1.54) is 0 Å². The van der Waals surface area contributed by atoms with Gasteiger partial charge in [0.25, 0.3) is 0 Å². The van der Waals surface area contributed by atoms with Crippen LogP contribution >= 0.6 is 0 Å². The number of aryl methyl sites for hydroxylation is 1. The summed E-state index contributed by atoms with van der Waals surface area (Å²) in [5.41, 5.74) is 4.58. The quantitative estimate of drug-likeness (QED) is 0.548. The first-order valence-electron chi connectivity index (χ1n) is 11.2. The van der Waals surface area contributed by atoms with Gasteiger partial charge < -0.3 is 20.8 Å². The van der Waals surface area contributed by atoms with Gasteiger partial charge in [-0.25, -0.2) is 0 Å². The predicted octanol–water partition coefficient (Wildman–Crippen LogP) is 0.345. The highest BCUT2D eigenvalue weighted by Crippen LogP contribution is 2.51. The molecule has 1 amide bonds. The monoisotopic (exact) mass is 456 g/mol. The number of hydrogen-bond donors (Lipinski definition) is 3. The van der Waals surface area contributed by atoms with Crippen LogP contribution in [0.2, 0.25) is 0 Å². The zero-order chi connectivity index (χ0) is 24.4. The van der Waals surface area contributed by atoms with E-state index in [1.54, 1.807) is 0 Å². The molecule has 0 saturated heterocycles. The van der Waals surface area contributed by atoms with E-state index in [9.17, 15) is 34.2 Å². The fraction of sp³-hybridized carbons (Fsp3) is 0.542. The largest absolute Gasteiger partial charge is 0.507 e. The molecule has 1 aromatic rings. The van der Waals surface area contributed by atoms with Crippen molar-refractivity contribution in [1.82, 2.24) is 0 Å². The van der Waals surface area contributed by atoms with Crippen molar-refractivity contribution in [3.05, 3.63) is 22.8 Å². The summed E-state index contributed by atoms with van der Waals surface area (Å²) in [7, 11) is 3.65. The molecule has 0 heterocycles. The number of aliphatic hydroxyl groups is 1. The fourth-order valence-corrected chi connectivity index (χ4v) is 5.93. The maximum absolute atomic E-state index is 13.6. The van der Waals surface area contributed by atoms with Gasteiger partial charge in [-0.05, 0) is 42.4 Å². The number of benzene rings is 1. The van der Waals surface area contributed by atoms with Gasteiger partial charge in [0.05, 0.1) is 11.5 Å². The number of anilines is 1. The molecule has 3 aliphatic rings. The van der Waals surface area contributed by atoms with Crippen molar-refractivity contribution in [3.63, 3.8) is 0 Å². The molecule has 2 fully saturated rings. The third-order valence-electron chi connectivity index (χ3n) is 7.46. The maximum atomic E-state index is 13.6. The number of phenols is 1. The number of primary amides is 1. The smallest absolute Gasteiger partial charge is 0.235 e. The standard InChI is InChI=1S/C24H28N2O7/c1-4-5-10-8-14(26(2)3)13-7-11-6-12-9-15(27)18(23(25)32)22(31)24(12,33)21(30)16(11)20(29)17(13)19(10)28/h8,11-12,16,18,28,33H,4-7,9H2,1-3H3,(H2,25,32)/t11-,12+,16?,18?,24+/m1/s1. The molecule has 3 aliphatic carbocycles. The topological polar surface area (TPSA) is 155 Å². The zero-order valence-corrected chi connectivity index (χ0v) is 18.9. The minimum atomic E-state index is -2.62. The normalized spacial score (nSPS) is 31.0. The van der Waals surface area contributed by atoms with Gasteiger partial charge in [0.1, 0.15) is 5.75 Å². The van der Waals surface area contributed by atoms with Gasteiger partial charge in [-0.3, -0.25) is 24.0 Å². The Morgan fingerprint density at radius 3 is 2.42 bits per heavy atom. The number of fused-ring (bicyclic) bond motifs is 3. The first kappa shape index (κ1) is 23.1. The summed E-state index contributed by atoms with van der Waals surface area (Å²) in [6.07, 6.45) is 1.29. The summed E-state index contributed by atoms with van der Waals surface area (Å²) < 4.78 is 0. The molecule has 2 unspecified atom stereocenters. The second-order valence-electron chi connectivity index (χ2n) is 9.64. The van der Waals surface area contributed by atoms with Crippen molar-refractivity contribution in [3.8, 4) is 5.75 Å². The molecule has 33 heavy (non-hydrogen) atoms. The molecular formula is C24H28N2O7. The number of nitrogens with zero attached hydrogens (tertiary/aromatic N) is 1. The van der Waals surface area contributed by atoms with Crippen molar-refractivity contribution in [1.29, 1.82) is 0 Å². The molecule has 0 spiro atoms. The lowest BCUT2D eigenvalue weighted by Crippen LogP contribution is -2.68. The Hall–Kier alpha value is -3.07. The van der Waals surface area contributed by atoms with E-state index < -0.39 is 58.3 Å². The second-order valence-corrected chi connectivity index (χ2v) is 9.64. The first-order chi connectivity index (χ1) is 15.4. The van der Waals surface area contributed by atoms with E-state index in [-0.39, 0.29) is 30.6 Å². The van der Waals surface area contributed by atoms with Crippen molar-refractivity contribution >= 4 is 34.7 Å². The van der Waals surface area contributed by atoms with E-state index in [1.807, 2.05) is 32.0 Å². The highest BCUT2D eigenvalue weighted by Gasteiger charge is 2.66. The number of phenolic OH excluding ortho intramolecular Hbond substituents is 1. The van der Waals surface area contributed by atoms with Crippen LogP contribution in [0, 0.1) is 23.7 Å². The Kier molecular flexibility index (Phi) is 5.43. The number of hydrogen-bond acceptors (Lipinski definition) is 8. The van der Waals surface area contributed by atoms with E-state index in [0.717, 1.165) is 12.1 Å². The van der Waals surface area contributed by atoms with Crippen molar-refractivity contribution in [2.45, 2.75) is 44.6 Å². The summed E-state index contributed by atoms with van der Waals surface area (Å²) in [6.45, 7) is 1.94. The Balaban J connectivity index is 1.85. The number of nitrogens with two attached hydrogens (primary N) is 1. The van der Waals surface area contributed by atoms with Crippen LogP contribution < -0.4 is 10.6 Å². The van der Waals surface area contributed by atoms with E-state index in [2.05, 4.69) is 0 Å². The predicted molar refractivity (Wildman–Crippen MR) is 117 cm³/mol. The number of rotatable bonds is 4. The average Bonchev–Trinajstić information content (AvgIpc) is 2.72. The van der Waals surface area contributed by atoms with E-state index in [0.29, 0.717) is 17.5 Å². The number of Topliss-reactive ketones (excluding diaryl/α,β-unsaturated/α-hetero) is 4. The summed E-state index contributed by atoms with van der Waals surface area (Å²) in [4.78, 5) is 66.1. The summed E-state index contributed by atoms with van der Waals surface area (Å²) >= 11 is 0. The van der Waals surface area contributed by atoms with Crippen LogP contribution in [-0.2, 0) is 32.0 Å². The van der Waals surface area contributed by atoms with Gasteiger partial charge in [-0.15, -0.1) is 0 Å². The Morgan fingerprint density at radius 2 is 1.85 bits per heavy atom. The van der Waals surface area contributed by atoms with E-state index >= 15 is 0 Å². The molecular weight excluding hydrogens is 428 g/mol. The summed E-state index contributed by atoms with van der Waals surface area (Å²) in [5, 5.41) is 22.2. The van der Waals surface area contributed by atoms with Crippen molar-refractivity contribution in [2.75, 3.05) is 19.0 Å². The third kappa shape index (κ3) is 3.13. The molecule has 9 heteroatoms. The molecule has 1 aromatic carbocycles. The van der Waals surface area contributed by atoms with Gasteiger partial charge in [-0.1, -0.05) is 13.3 Å². The minimum Gasteiger partial charge on any atom is -0.507 e. The van der Waals surface area contributed by atoms with Crippen LogP contribution in [0.5, 0.6) is 5.75 Å². The SMILES string of the molecule is CCCc1cc(N(C)C)c2c(c1O)C(=O)C1C(=O)[C@]3(O)C(=O)C(C(N)=O)C(=O)C[C@@H]3C[C@@H]1C2. The molecule has 4 rings (SSSR count). The molecule has 176 valence electrons. The molecule has 0 bridgehead atoms. The lowest BCUT2D eigenvalue weighted by molar-refractivity contribution is -0.175. The number of ketones is 4. The van der Waals surface area contributed by atoms with Crippen LogP contribution in [0.3, 0.4) is 0 Å². The minimum absolute atomic E-state index is 0.0482. The highest BCUT2D eigenvalue weighted by molar-refractivity contribution is 6.31. The van der Waals surface area contributed by atoms with Gasteiger partial charge in [0.2, 0.25) is 5.91 Å². The molecule has 0 aliphatic heterocycles. The van der Waals surface area contributed by atoms with Crippen molar-refractivity contribution in [2.24, 2.45) is 29.4 Å². The molecule has 4 N–H and O–H groups in total. The van der Waals surface area contributed by atoms with E-state index in [4.69, 9.17) is 5.73 Å². The van der Waals surface area contributed by atoms with Crippen LogP contribution in [0.4, 0.5) is 5.69 Å². The van der Waals surface area contributed by atoms with Gasteiger partial charge in [-0.2, -0.15) is 0 Å². The van der Waals surface area contributed by atoms with Crippen LogP contribution in [0.1, 0.15) is 47.7 Å². The fourth-order valence-electron chi connectivity index (χ4n) is 5.93. The number of carbonyl (C=O) groups excluding carboxylic acids is 5. The Bertz CT molecular complexity index is 1110. The number of amides is 1. The number of carbonyl (C=O) groups is 5. The molecule has 5 atom stereocenters. The molecule has 0 radical (unpaired) electrons. The van der Waals surface area contributed by atoms with Gasteiger partial charge >= 0.3 is 0 Å². The first-order valence-corrected chi connectivity index (χ1v) is 11.2. The number of aromatic hydroxyl groups is 1. The van der Waals surface area contributed by atoms with Gasteiger partial charge in [0.15, 0.2) is 34.7 Å². The third-order valence-corrected chi connectivity index (χ3v) is 7.46. The van der Waals surface area contributed by atoms with Crippen LogP contribution in [0.25, 0.3) is 0 Å². The Morgan fingerprint density at radius 1 is 1.18 bits per heavy atom. The molecule has 2 saturated carbocycles. The second kappa shape index (κ2) is 7.76. The lowest BCUT2D eigenvalue weighted by Gasteiger charge is -2.48. The maximum Gasteiger partial charge on any atom is 0.235 e. The molecule has 0 aromatic heterocycles. The Labute approximate surface area is 190 Å². The van der Waals surface area contributed by atoms with Crippen LogP contribution in [0.15, 0.2) is 6.07 Å².